The van der Waals surface area contributed by atoms with E-state index < -0.39 is 0 Å². The van der Waals surface area contributed by atoms with Gasteiger partial charge in [0.15, 0.2) is 5.13 Å². The van der Waals surface area contributed by atoms with Gasteiger partial charge < -0.3 is 15.1 Å². The summed E-state index contributed by atoms with van der Waals surface area (Å²) in [5, 5.41) is 3.44. The standard InChI is InChI=1S/C19H32N4O2S/c1-14-15(2)26-19(20-14)21-17(24)13-23(12-11-22(3)4)18(25)10-9-16-7-5-6-8-16/h16H,5-13H2,1-4H3,(H,20,21,24). The summed E-state index contributed by atoms with van der Waals surface area (Å²) in [6.45, 7) is 5.32. The first-order valence-electron chi connectivity index (χ1n) is 9.51. The molecule has 0 unspecified atom stereocenters. The number of likely N-dealkylation sites (N-methyl/N-ethyl adjacent to an activating group) is 1. The molecule has 0 aromatic carbocycles. The van der Waals surface area contributed by atoms with E-state index >= 15 is 0 Å². The fourth-order valence-electron chi connectivity index (χ4n) is 3.26. The maximum absolute atomic E-state index is 12.7. The van der Waals surface area contributed by atoms with Crippen molar-refractivity contribution >= 4 is 28.3 Å². The van der Waals surface area contributed by atoms with Crippen LogP contribution in [0.3, 0.4) is 0 Å². The summed E-state index contributed by atoms with van der Waals surface area (Å²) in [5.41, 5.74) is 0.933. The van der Waals surface area contributed by atoms with Gasteiger partial charge in [0.1, 0.15) is 0 Å². The molecule has 1 fully saturated rings. The van der Waals surface area contributed by atoms with Crippen molar-refractivity contribution < 1.29 is 9.59 Å². The first-order chi connectivity index (χ1) is 12.3. The van der Waals surface area contributed by atoms with Gasteiger partial charge in [-0.1, -0.05) is 25.7 Å². The third kappa shape index (κ3) is 6.68. The van der Waals surface area contributed by atoms with E-state index in [0.29, 0.717) is 24.0 Å². The molecule has 0 aliphatic heterocycles. The van der Waals surface area contributed by atoms with Gasteiger partial charge >= 0.3 is 0 Å². The summed E-state index contributed by atoms with van der Waals surface area (Å²) >= 11 is 1.47. The molecule has 7 heteroatoms. The van der Waals surface area contributed by atoms with Crippen molar-refractivity contribution in [1.82, 2.24) is 14.8 Å². The Morgan fingerprint density at radius 2 is 1.88 bits per heavy atom. The predicted molar refractivity (Wildman–Crippen MR) is 107 cm³/mol. The number of hydrogen-bond acceptors (Lipinski definition) is 5. The van der Waals surface area contributed by atoms with Crippen molar-refractivity contribution in [3.8, 4) is 0 Å². The topological polar surface area (TPSA) is 65.5 Å². The molecule has 1 aliphatic rings. The third-order valence-electron chi connectivity index (χ3n) is 5.02. The summed E-state index contributed by atoms with van der Waals surface area (Å²) in [4.78, 5) is 34.2. The second kappa shape index (κ2) is 10.0. The number of rotatable bonds is 9. The minimum absolute atomic E-state index is 0.0837. The molecular weight excluding hydrogens is 348 g/mol. The number of anilines is 1. The van der Waals surface area contributed by atoms with Gasteiger partial charge in [0.05, 0.1) is 12.2 Å². The van der Waals surface area contributed by atoms with Crippen molar-refractivity contribution in [3.05, 3.63) is 10.6 Å². The van der Waals surface area contributed by atoms with E-state index in [9.17, 15) is 9.59 Å². The molecule has 2 rings (SSSR count). The molecule has 146 valence electrons. The van der Waals surface area contributed by atoms with E-state index in [-0.39, 0.29) is 18.4 Å². The van der Waals surface area contributed by atoms with Gasteiger partial charge in [0.2, 0.25) is 11.8 Å². The molecule has 0 spiro atoms. The molecule has 1 N–H and O–H groups in total. The molecule has 1 aliphatic carbocycles. The molecule has 1 saturated carbocycles. The minimum atomic E-state index is -0.174. The molecule has 26 heavy (non-hydrogen) atoms. The Hall–Kier alpha value is -1.47. The zero-order valence-electron chi connectivity index (χ0n) is 16.5. The van der Waals surface area contributed by atoms with Crippen LogP contribution in [0.2, 0.25) is 0 Å². The van der Waals surface area contributed by atoms with Crippen molar-refractivity contribution in [2.75, 3.05) is 39.0 Å². The molecule has 1 heterocycles. The predicted octanol–water partition coefficient (Wildman–Crippen LogP) is 3.06. The zero-order valence-corrected chi connectivity index (χ0v) is 17.3. The number of amides is 2. The van der Waals surface area contributed by atoms with Crippen molar-refractivity contribution in [2.24, 2.45) is 5.92 Å². The van der Waals surface area contributed by atoms with E-state index in [0.717, 1.165) is 23.5 Å². The van der Waals surface area contributed by atoms with E-state index in [2.05, 4.69) is 10.3 Å². The number of aryl methyl sites for hydroxylation is 2. The molecule has 0 radical (unpaired) electrons. The van der Waals surface area contributed by atoms with Crippen LogP contribution in [-0.2, 0) is 9.59 Å². The average Bonchev–Trinajstić information content (AvgIpc) is 3.19. The lowest BCUT2D eigenvalue weighted by Gasteiger charge is -2.24. The van der Waals surface area contributed by atoms with Gasteiger partial charge in [0.25, 0.3) is 0 Å². The number of carbonyl (C=O) groups is 2. The summed E-state index contributed by atoms with van der Waals surface area (Å²) in [6.07, 6.45) is 6.56. The molecule has 0 atom stereocenters. The van der Waals surface area contributed by atoms with Gasteiger partial charge in [-0.05, 0) is 40.3 Å². The summed E-state index contributed by atoms with van der Waals surface area (Å²) in [6, 6.07) is 0. The third-order valence-corrected chi connectivity index (χ3v) is 6.01. The monoisotopic (exact) mass is 380 g/mol. The molecule has 2 amide bonds. The van der Waals surface area contributed by atoms with Gasteiger partial charge in [-0.2, -0.15) is 0 Å². The Morgan fingerprint density at radius 3 is 2.46 bits per heavy atom. The van der Waals surface area contributed by atoms with Crippen molar-refractivity contribution in [3.63, 3.8) is 0 Å². The van der Waals surface area contributed by atoms with E-state index in [1.165, 1.54) is 37.0 Å². The van der Waals surface area contributed by atoms with Crippen LogP contribution in [0.1, 0.15) is 49.1 Å². The smallest absolute Gasteiger partial charge is 0.245 e. The lowest BCUT2D eigenvalue weighted by atomic mass is 10.0. The molecular formula is C19H32N4O2S. The van der Waals surface area contributed by atoms with E-state index in [1.807, 2.05) is 32.8 Å². The molecule has 0 bridgehead atoms. The van der Waals surface area contributed by atoms with Crippen LogP contribution in [0.25, 0.3) is 0 Å². The normalized spacial score (nSPS) is 14.8. The van der Waals surface area contributed by atoms with Crippen LogP contribution in [0.5, 0.6) is 0 Å². The summed E-state index contributed by atoms with van der Waals surface area (Å²) < 4.78 is 0. The highest BCUT2D eigenvalue weighted by molar-refractivity contribution is 7.15. The molecule has 1 aromatic heterocycles. The van der Waals surface area contributed by atoms with Crippen LogP contribution < -0.4 is 5.32 Å². The summed E-state index contributed by atoms with van der Waals surface area (Å²) in [5.74, 6) is 0.594. The van der Waals surface area contributed by atoms with E-state index in [1.54, 1.807) is 4.90 Å². The number of nitrogens with zero attached hydrogens (tertiary/aromatic N) is 3. The van der Waals surface area contributed by atoms with Gasteiger partial charge in [-0.25, -0.2) is 4.98 Å². The number of aromatic nitrogens is 1. The second-order valence-corrected chi connectivity index (χ2v) is 8.72. The Balaban J connectivity index is 1.89. The van der Waals surface area contributed by atoms with E-state index in [4.69, 9.17) is 0 Å². The van der Waals surface area contributed by atoms with Crippen molar-refractivity contribution in [2.45, 2.75) is 52.4 Å². The van der Waals surface area contributed by atoms with Crippen LogP contribution in [0.4, 0.5) is 5.13 Å². The first kappa shape index (κ1) is 20.8. The Labute approximate surface area is 161 Å². The fourth-order valence-corrected chi connectivity index (χ4v) is 4.09. The lowest BCUT2D eigenvalue weighted by molar-refractivity contribution is -0.135. The SMILES string of the molecule is Cc1nc(NC(=O)CN(CCN(C)C)C(=O)CCC2CCCC2)sc1C. The lowest BCUT2D eigenvalue weighted by Crippen LogP contribution is -2.41. The zero-order chi connectivity index (χ0) is 19.1. The Kier molecular flexibility index (Phi) is 8.03. The highest BCUT2D eigenvalue weighted by atomic mass is 32.1. The quantitative estimate of drug-likeness (QED) is 0.715. The molecule has 0 saturated heterocycles. The highest BCUT2D eigenvalue weighted by Gasteiger charge is 2.21. The summed E-state index contributed by atoms with van der Waals surface area (Å²) in [7, 11) is 3.95. The second-order valence-electron chi connectivity index (χ2n) is 7.52. The average molecular weight is 381 g/mol. The maximum atomic E-state index is 12.7. The Bertz CT molecular complexity index is 589. The van der Waals surface area contributed by atoms with Gasteiger partial charge in [-0.15, -0.1) is 11.3 Å². The number of thiazole rings is 1. The van der Waals surface area contributed by atoms with Gasteiger partial charge in [-0.3, -0.25) is 9.59 Å². The number of carbonyl (C=O) groups excluding carboxylic acids is 2. The Morgan fingerprint density at radius 1 is 1.19 bits per heavy atom. The van der Waals surface area contributed by atoms with Crippen LogP contribution in [-0.4, -0.2) is 60.3 Å². The number of nitrogens with one attached hydrogen (secondary N) is 1. The first-order valence-corrected chi connectivity index (χ1v) is 10.3. The van der Waals surface area contributed by atoms with Crippen LogP contribution in [0.15, 0.2) is 0 Å². The van der Waals surface area contributed by atoms with Crippen molar-refractivity contribution in [1.29, 1.82) is 0 Å². The van der Waals surface area contributed by atoms with Gasteiger partial charge in [0, 0.05) is 24.4 Å². The minimum Gasteiger partial charge on any atom is -0.332 e. The van der Waals surface area contributed by atoms with Crippen LogP contribution in [0, 0.1) is 19.8 Å². The van der Waals surface area contributed by atoms with Crippen LogP contribution >= 0.6 is 11.3 Å². The highest BCUT2D eigenvalue weighted by Crippen LogP contribution is 2.28. The largest absolute Gasteiger partial charge is 0.332 e. The molecule has 1 aromatic rings. The fraction of sp³-hybridized carbons (Fsp3) is 0.737. The maximum Gasteiger partial charge on any atom is 0.245 e. The molecule has 6 nitrogen and oxygen atoms in total. The number of hydrogen-bond donors (Lipinski definition) is 1.